The number of nitrogens with one attached hydrogen (secondary N) is 1. The van der Waals surface area contributed by atoms with E-state index < -0.39 is 5.91 Å². The van der Waals surface area contributed by atoms with Crippen LogP contribution in [0.1, 0.15) is 10.4 Å². The number of carbonyl (C=O) groups is 2. The third-order valence-electron chi connectivity index (χ3n) is 4.62. The molecule has 0 fully saturated rings. The molecule has 4 aromatic carbocycles. The van der Waals surface area contributed by atoms with Crippen LogP contribution in [-0.4, -0.2) is 17.5 Å². The molecule has 0 aliphatic heterocycles. The Labute approximate surface area is 185 Å². The second-order valence-electron chi connectivity index (χ2n) is 6.61. The average Bonchev–Trinajstić information content (AvgIpc) is 2.85. The fourth-order valence-electron chi connectivity index (χ4n) is 3.24. The standard InChI is InChI=1S/C25H19NO3.CH3NO/c27-25(26-28)22-16-15-19(17-23(22)18-9-3-1-4-10-18)21-13-7-8-14-24(21)29-20-11-5-2-6-12-20;2-1-3/h1-17,28H,(H,26,27);1H,(H2,2,3). The highest BCUT2D eigenvalue weighted by Gasteiger charge is 2.15. The second kappa shape index (κ2) is 11.1. The van der Waals surface area contributed by atoms with Gasteiger partial charge in [0.1, 0.15) is 11.5 Å². The van der Waals surface area contributed by atoms with E-state index in [0.717, 1.165) is 33.8 Å². The van der Waals surface area contributed by atoms with E-state index in [2.05, 4.69) is 5.73 Å². The van der Waals surface area contributed by atoms with Gasteiger partial charge in [0.15, 0.2) is 0 Å². The van der Waals surface area contributed by atoms with Gasteiger partial charge >= 0.3 is 0 Å². The number of ether oxygens (including phenoxy) is 1. The Balaban J connectivity index is 0.000000913. The molecule has 0 radical (unpaired) electrons. The van der Waals surface area contributed by atoms with Gasteiger partial charge < -0.3 is 10.5 Å². The van der Waals surface area contributed by atoms with Crippen LogP contribution in [-0.2, 0) is 4.79 Å². The molecule has 32 heavy (non-hydrogen) atoms. The molecule has 0 saturated carbocycles. The summed E-state index contributed by atoms with van der Waals surface area (Å²) in [6.07, 6.45) is 0.250. The van der Waals surface area contributed by atoms with Crippen LogP contribution in [0.5, 0.6) is 11.5 Å². The number of rotatable bonds is 5. The largest absolute Gasteiger partial charge is 0.457 e. The van der Waals surface area contributed by atoms with Gasteiger partial charge in [-0.3, -0.25) is 14.8 Å². The van der Waals surface area contributed by atoms with Crippen molar-refractivity contribution in [1.29, 1.82) is 0 Å². The number of hydrogen-bond donors (Lipinski definition) is 3. The van der Waals surface area contributed by atoms with E-state index in [1.54, 1.807) is 11.5 Å². The first kappa shape index (κ1) is 22.3. The molecular weight excluding hydrogens is 404 g/mol. The van der Waals surface area contributed by atoms with Crippen molar-refractivity contribution in [1.82, 2.24) is 5.48 Å². The summed E-state index contributed by atoms with van der Waals surface area (Å²) in [5.74, 6) is 0.917. The lowest BCUT2D eigenvalue weighted by Gasteiger charge is -2.14. The highest BCUT2D eigenvalue weighted by atomic mass is 16.5. The van der Waals surface area contributed by atoms with Crippen molar-refractivity contribution in [2.45, 2.75) is 0 Å². The van der Waals surface area contributed by atoms with Gasteiger partial charge in [0.05, 0.1) is 0 Å². The Morgan fingerprint density at radius 2 is 1.38 bits per heavy atom. The molecule has 0 aliphatic rings. The van der Waals surface area contributed by atoms with E-state index in [-0.39, 0.29) is 6.41 Å². The van der Waals surface area contributed by atoms with Crippen molar-refractivity contribution >= 4 is 12.3 Å². The molecule has 160 valence electrons. The molecule has 2 amide bonds. The monoisotopic (exact) mass is 426 g/mol. The Hall–Kier alpha value is -4.42. The summed E-state index contributed by atoms with van der Waals surface area (Å²) < 4.78 is 6.09. The number of amides is 2. The van der Waals surface area contributed by atoms with Crippen LogP contribution in [0.2, 0.25) is 0 Å². The molecule has 0 heterocycles. The van der Waals surface area contributed by atoms with Crippen molar-refractivity contribution < 1.29 is 19.5 Å². The van der Waals surface area contributed by atoms with E-state index in [0.29, 0.717) is 5.56 Å². The molecule has 6 nitrogen and oxygen atoms in total. The van der Waals surface area contributed by atoms with E-state index in [1.807, 2.05) is 97.1 Å². The van der Waals surface area contributed by atoms with E-state index >= 15 is 0 Å². The summed E-state index contributed by atoms with van der Waals surface area (Å²) in [7, 11) is 0. The van der Waals surface area contributed by atoms with Crippen LogP contribution in [0.3, 0.4) is 0 Å². The molecule has 0 bridgehead atoms. The number of nitrogens with two attached hydrogens (primary N) is 1. The number of para-hydroxylation sites is 2. The van der Waals surface area contributed by atoms with Crippen LogP contribution in [0.15, 0.2) is 103 Å². The fraction of sp³-hybridized carbons (Fsp3) is 0. The van der Waals surface area contributed by atoms with Gasteiger partial charge in [-0.2, -0.15) is 0 Å². The van der Waals surface area contributed by atoms with Crippen LogP contribution < -0.4 is 16.0 Å². The van der Waals surface area contributed by atoms with Gasteiger partial charge in [-0.15, -0.1) is 0 Å². The number of primary amides is 1. The molecule has 0 unspecified atom stereocenters. The molecule has 4 N–H and O–H groups in total. The van der Waals surface area contributed by atoms with E-state index in [1.165, 1.54) is 0 Å². The zero-order valence-electron chi connectivity index (χ0n) is 17.1. The summed E-state index contributed by atoms with van der Waals surface area (Å²) >= 11 is 0. The molecule has 0 aromatic heterocycles. The number of hydrogen-bond acceptors (Lipinski definition) is 4. The maximum atomic E-state index is 12.2. The van der Waals surface area contributed by atoms with Crippen LogP contribution in [0, 0.1) is 0 Å². The second-order valence-corrected chi connectivity index (χ2v) is 6.61. The summed E-state index contributed by atoms with van der Waals surface area (Å²) in [5.41, 5.74) is 9.71. The summed E-state index contributed by atoms with van der Waals surface area (Å²) in [5, 5.41) is 9.13. The van der Waals surface area contributed by atoms with Gasteiger partial charge in [0.25, 0.3) is 5.91 Å². The lowest BCUT2D eigenvalue weighted by Crippen LogP contribution is -2.19. The Morgan fingerprint density at radius 3 is 2.03 bits per heavy atom. The molecule has 0 atom stereocenters. The summed E-state index contributed by atoms with van der Waals surface area (Å²) in [6, 6.07) is 32.5. The molecule has 0 spiro atoms. The first-order valence-corrected chi connectivity index (χ1v) is 9.79. The molecule has 4 aromatic rings. The van der Waals surface area contributed by atoms with Gasteiger partial charge in [-0.05, 0) is 47.0 Å². The number of carbonyl (C=O) groups excluding carboxylic acids is 2. The van der Waals surface area contributed by atoms with Crippen molar-refractivity contribution in [3.8, 4) is 33.8 Å². The third-order valence-corrected chi connectivity index (χ3v) is 4.62. The van der Waals surface area contributed by atoms with Gasteiger partial charge in [-0.25, -0.2) is 5.48 Å². The fourth-order valence-corrected chi connectivity index (χ4v) is 3.24. The minimum Gasteiger partial charge on any atom is -0.457 e. The maximum Gasteiger partial charge on any atom is 0.275 e. The van der Waals surface area contributed by atoms with Crippen molar-refractivity contribution in [2.75, 3.05) is 0 Å². The number of benzene rings is 4. The molecule has 0 saturated heterocycles. The van der Waals surface area contributed by atoms with Gasteiger partial charge in [0.2, 0.25) is 6.41 Å². The highest BCUT2D eigenvalue weighted by molar-refractivity contribution is 6.01. The predicted molar refractivity (Wildman–Crippen MR) is 123 cm³/mol. The Kier molecular flexibility index (Phi) is 7.73. The zero-order chi connectivity index (χ0) is 22.8. The summed E-state index contributed by atoms with van der Waals surface area (Å²) in [4.78, 5) is 20.8. The smallest absolute Gasteiger partial charge is 0.275 e. The average molecular weight is 426 g/mol. The minimum atomic E-state index is -0.552. The van der Waals surface area contributed by atoms with Crippen LogP contribution in [0.25, 0.3) is 22.3 Å². The van der Waals surface area contributed by atoms with Crippen LogP contribution in [0.4, 0.5) is 0 Å². The van der Waals surface area contributed by atoms with E-state index in [4.69, 9.17) is 14.7 Å². The highest BCUT2D eigenvalue weighted by Crippen LogP contribution is 2.36. The van der Waals surface area contributed by atoms with Crippen molar-refractivity contribution in [3.05, 3.63) is 109 Å². The first-order chi connectivity index (χ1) is 15.7. The van der Waals surface area contributed by atoms with Gasteiger partial charge in [0, 0.05) is 11.1 Å². The first-order valence-electron chi connectivity index (χ1n) is 9.79. The maximum absolute atomic E-state index is 12.2. The quantitative estimate of drug-likeness (QED) is 0.237. The Morgan fingerprint density at radius 1 is 0.781 bits per heavy atom. The summed E-state index contributed by atoms with van der Waals surface area (Å²) in [6.45, 7) is 0. The van der Waals surface area contributed by atoms with Crippen molar-refractivity contribution in [3.63, 3.8) is 0 Å². The zero-order valence-corrected chi connectivity index (χ0v) is 17.1. The van der Waals surface area contributed by atoms with Crippen LogP contribution >= 0.6 is 0 Å². The predicted octanol–water partition coefficient (Wildman–Crippen LogP) is 5.03. The SMILES string of the molecule is NC=O.O=C(NO)c1ccc(-c2ccccc2Oc2ccccc2)cc1-c1ccccc1. The topological polar surface area (TPSA) is 102 Å². The normalized spacial score (nSPS) is 9.78. The number of hydroxylamine groups is 1. The molecule has 0 aliphatic carbocycles. The Bertz CT molecular complexity index is 1180. The van der Waals surface area contributed by atoms with Gasteiger partial charge in [-0.1, -0.05) is 72.8 Å². The lowest BCUT2D eigenvalue weighted by atomic mass is 9.94. The lowest BCUT2D eigenvalue weighted by molar-refractivity contribution is -0.106. The van der Waals surface area contributed by atoms with Crippen molar-refractivity contribution in [2.24, 2.45) is 5.73 Å². The minimum absolute atomic E-state index is 0.250. The molecular formula is C26H22N2O4. The van der Waals surface area contributed by atoms with E-state index in [9.17, 15) is 4.79 Å². The molecule has 4 rings (SSSR count). The third kappa shape index (κ3) is 5.38. The molecule has 6 heteroatoms.